The van der Waals surface area contributed by atoms with Crippen LogP contribution in [0.1, 0.15) is 56.1 Å². The van der Waals surface area contributed by atoms with E-state index in [-0.39, 0.29) is 11.3 Å². The standard InChI is InChI=1S/C19H23N3O/c1-18(2,3)14-7-6-13-10-16(21-15(13)11-14)17(23)22(4)19(12-20)8-5-9-19/h6-7,10-11,21H,5,8-9H2,1-4H3. The number of hydrogen-bond acceptors (Lipinski definition) is 2. The summed E-state index contributed by atoms with van der Waals surface area (Å²) in [6.07, 6.45) is 2.53. The van der Waals surface area contributed by atoms with E-state index in [1.165, 1.54) is 5.56 Å². The fourth-order valence-electron chi connectivity index (χ4n) is 3.12. The van der Waals surface area contributed by atoms with Crippen LogP contribution in [0.25, 0.3) is 10.9 Å². The lowest BCUT2D eigenvalue weighted by Crippen LogP contribution is -2.53. The summed E-state index contributed by atoms with van der Waals surface area (Å²) in [5.74, 6) is -0.111. The number of aromatic amines is 1. The molecule has 1 N–H and O–H groups in total. The molecule has 0 bridgehead atoms. The summed E-state index contributed by atoms with van der Waals surface area (Å²) in [4.78, 5) is 17.6. The first-order valence-corrected chi connectivity index (χ1v) is 8.09. The van der Waals surface area contributed by atoms with Crippen LogP contribution in [0.2, 0.25) is 0 Å². The SMILES string of the molecule is CN(C(=O)c1cc2ccc(C(C)(C)C)cc2[nH]1)C1(C#N)CCC1. The number of nitrogens with one attached hydrogen (secondary N) is 1. The van der Waals surface area contributed by atoms with Crippen molar-refractivity contribution in [3.05, 3.63) is 35.5 Å². The Hall–Kier alpha value is -2.28. The van der Waals surface area contributed by atoms with Crippen molar-refractivity contribution in [1.82, 2.24) is 9.88 Å². The third-order valence-corrected chi connectivity index (χ3v) is 5.05. The molecular formula is C19H23N3O. The second-order valence-corrected chi connectivity index (χ2v) is 7.60. The monoisotopic (exact) mass is 309 g/mol. The Morgan fingerprint density at radius 1 is 1.30 bits per heavy atom. The molecule has 4 heteroatoms. The molecule has 1 saturated carbocycles. The van der Waals surface area contributed by atoms with Crippen molar-refractivity contribution < 1.29 is 4.79 Å². The molecule has 23 heavy (non-hydrogen) atoms. The smallest absolute Gasteiger partial charge is 0.271 e. The quantitative estimate of drug-likeness (QED) is 0.912. The van der Waals surface area contributed by atoms with Crippen molar-refractivity contribution in [3.8, 4) is 6.07 Å². The van der Waals surface area contributed by atoms with Crippen LogP contribution in [-0.2, 0) is 5.41 Å². The van der Waals surface area contributed by atoms with E-state index < -0.39 is 5.54 Å². The van der Waals surface area contributed by atoms with E-state index in [0.717, 1.165) is 30.2 Å². The van der Waals surface area contributed by atoms with E-state index in [2.05, 4.69) is 44.0 Å². The van der Waals surface area contributed by atoms with E-state index in [1.807, 2.05) is 12.1 Å². The lowest BCUT2D eigenvalue weighted by atomic mass is 9.76. The Kier molecular flexibility index (Phi) is 3.48. The molecule has 0 unspecified atom stereocenters. The zero-order valence-electron chi connectivity index (χ0n) is 14.2. The predicted octanol–water partition coefficient (Wildman–Crippen LogP) is 3.98. The van der Waals surface area contributed by atoms with E-state index in [1.54, 1.807) is 11.9 Å². The molecule has 1 aromatic heterocycles. The van der Waals surface area contributed by atoms with Gasteiger partial charge in [0.25, 0.3) is 5.91 Å². The summed E-state index contributed by atoms with van der Waals surface area (Å²) in [5, 5.41) is 10.4. The average Bonchev–Trinajstić information content (AvgIpc) is 2.87. The van der Waals surface area contributed by atoms with Crippen LogP contribution in [-0.4, -0.2) is 28.4 Å². The van der Waals surface area contributed by atoms with E-state index in [0.29, 0.717) is 5.69 Å². The highest BCUT2D eigenvalue weighted by Crippen LogP contribution is 2.37. The van der Waals surface area contributed by atoms with Gasteiger partial charge in [0.15, 0.2) is 0 Å². The van der Waals surface area contributed by atoms with Crippen LogP contribution in [0.4, 0.5) is 0 Å². The zero-order valence-corrected chi connectivity index (χ0v) is 14.2. The maximum Gasteiger partial charge on any atom is 0.271 e. The first-order chi connectivity index (χ1) is 10.8. The first-order valence-electron chi connectivity index (χ1n) is 8.09. The maximum atomic E-state index is 12.7. The van der Waals surface area contributed by atoms with Gasteiger partial charge in [-0.2, -0.15) is 5.26 Å². The van der Waals surface area contributed by atoms with Gasteiger partial charge in [-0.1, -0.05) is 32.9 Å². The minimum absolute atomic E-state index is 0.0665. The molecule has 1 aliphatic carbocycles. The van der Waals surface area contributed by atoms with Gasteiger partial charge in [-0.05, 0) is 42.4 Å². The number of fused-ring (bicyclic) bond motifs is 1. The number of nitriles is 1. The topological polar surface area (TPSA) is 59.9 Å². The Morgan fingerprint density at radius 3 is 2.52 bits per heavy atom. The summed E-state index contributed by atoms with van der Waals surface area (Å²) < 4.78 is 0. The molecule has 2 aromatic rings. The van der Waals surface area contributed by atoms with Gasteiger partial charge in [-0.3, -0.25) is 4.79 Å². The van der Waals surface area contributed by atoms with Gasteiger partial charge in [-0.25, -0.2) is 0 Å². The molecular weight excluding hydrogens is 286 g/mol. The van der Waals surface area contributed by atoms with Gasteiger partial charge in [0, 0.05) is 18.0 Å². The minimum atomic E-state index is -0.620. The molecule has 0 saturated heterocycles. The first kappa shape index (κ1) is 15.6. The molecule has 4 nitrogen and oxygen atoms in total. The summed E-state index contributed by atoms with van der Waals surface area (Å²) in [5.41, 5.74) is 2.19. The summed E-state index contributed by atoms with van der Waals surface area (Å²) >= 11 is 0. The number of amides is 1. The molecule has 0 spiro atoms. The maximum absolute atomic E-state index is 12.7. The van der Waals surface area contributed by atoms with Gasteiger partial charge in [0.1, 0.15) is 11.2 Å². The van der Waals surface area contributed by atoms with Crippen molar-refractivity contribution in [2.75, 3.05) is 7.05 Å². The third kappa shape index (κ3) is 2.50. The van der Waals surface area contributed by atoms with Crippen molar-refractivity contribution in [2.24, 2.45) is 0 Å². The number of hydrogen-bond donors (Lipinski definition) is 1. The van der Waals surface area contributed by atoms with Crippen molar-refractivity contribution in [1.29, 1.82) is 5.26 Å². The highest BCUT2D eigenvalue weighted by molar-refractivity contribution is 5.98. The minimum Gasteiger partial charge on any atom is -0.351 e. The molecule has 1 aromatic carbocycles. The number of rotatable bonds is 2. The Labute approximate surface area is 137 Å². The average molecular weight is 309 g/mol. The number of H-pyrrole nitrogens is 1. The van der Waals surface area contributed by atoms with E-state index >= 15 is 0 Å². The van der Waals surface area contributed by atoms with Crippen molar-refractivity contribution in [3.63, 3.8) is 0 Å². The number of carbonyl (C=O) groups excluding carboxylic acids is 1. The van der Waals surface area contributed by atoms with Crippen molar-refractivity contribution >= 4 is 16.8 Å². The molecule has 3 rings (SSSR count). The number of carbonyl (C=O) groups is 1. The summed E-state index contributed by atoms with van der Waals surface area (Å²) in [6, 6.07) is 10.5. The normalized spacial score (nSPS) is 16.7. The fourth-order valence-corrected chi connectivity index (χ4v) is 3.12. The molecule has 1 fully saturated rings. The van der Waals surface area contributed by atoms with Crippen LogP contribution in [0.5, 0.6) is 0 Å². The number of nitrogens with zero attached hydrogens (tertiary/aromatic N) is 2. The van der Waals surface area contributed by atoms with E-state index in [4.69, 9.17) is 0 Å². The second kappa shape index (κ2) is 5.13. The Bertz CT molecular complexity index is 800. The van der Waals surface area contributed by atoms with Gasteiger partial charge in [0.05, 0.1) is 6.07 Å². The lowest BCUT2D eigenvalue weighted by molar-refractivity contribution is 0.0492. The van der Waals surface area contributed by atoms with E-state index in [9.17, 15) is 10.1 Å². The van der Waals surface area contributed by atoms with Crippen LogP contribution < -0.4 is 0 Å². The lowest BCUT2D eigenvalue weighted by Gasteiger charge is -2.42. The highest BCUT2D eigenvalue weighted by atomic mass is 16.2. The number of aromatic nitrogens is 1. The van der Waals surface area contributed by atoms with Gasteiger partial charge in [-0.15, -0.1) is 0 Å². The van der Waals surface area contributed by atoms with Crippen LogP contribution in [0.3, 0.4) is 0 Å². The van der Waals surface area contributed by atoms with Gasteiger partial charge in [0.2, 0.25) is 0 Å². The third-order valence-electron chi connectivity index (χ3n) is 5.05. The second-order valence-electron chi connectivity index (χ2n) is 7.60. The molecule has 1 amide bonds. The molecule has 1 heterocycles. The number of benzene rings is 1. The predicted molar refractivity (Wildman–Crippen MR) is 91.3 cm³/mol. The Balaban J connectivity index is 1.94. The summed E-state index contributed by atoms with van der Waals surface area (Å²) in [6.45, 7) is 6.51. The zero-order chi connectivity index (χ0) is 16.8. The Morgan fingerprint density at radius 2 is 2.00 bits per heavy atom. The molecule has 0 radical (unpaired) electrons. The van der Waals surface area contributed by atoms with Crippen LogP contribution in [0.15, 0.2) is 24.3 Å². The summed E-state index contributed by atoms with van der Waals surface area (Å²) in [7, 11) is 1.73. The van der Waals surface area contributed by atoms with Gasteiger partial charge >= 0.3 is 0 Å². The molecule has 1 aliphatic rings. The largest absolute Gasteiger partial charge is 0.351 e. The molecule has 0 atom stereocenters. The van der Waals surface area contributed by atoms with Gasteiger partial charge < -0.3 is 9.88 Å². The fraction of sp³-hybridized carbons (Fsp3) is 0.474. The highest BCUT2D eigenvalue weighted by Gasteiger charge is 2.43. The molecule has 0 aliphatic heterocycles. The van der Waals surface area contributed by atoms with Crippen molar-refractivity contribution in [2.45, 2.75) is 51.0 Å². The van der Waals surface area contributed by atoms with Crippen LogP contribution >= 0.6 is 0 Å². The molecule has 120 valence electrons. The van der Waals surface area contributed by atoms with Crippen LogP contribution in [0, 0.1) is 11.3 Å².